The third-order valence-corrected chi connectivity index (χ3v) is 5.04. The highest BCUT2D eigenvalue weighted by atomic mass is 35.5. The Morgan fingerprint density at radius 2 is 2.20 bits per heavy atom. The number of nitro groups is 1. The molecule has 2 rings (SSSR count). The topological polar surface area (TPSA) is 101 Å². The summed E-state index contributed by atoms with van der Waals surface area (Å²) < 4.78 is 27.0. The highest BCUT2D eigenvalue weighted by Crippen LogP contribution is 2.26. The van der Waals surface area contributed by atoms with E-state index in [1.807, 2.05) is 0 Å². The first-order valence-electron chi connectivity index (χ1n) is 6.07. The van der Waals surface area contributed by atoms with Crippen LogP contribution in [-0.4, -0.2) is 32.5 Å². The average molecular weight is 320 g/mol. The Kier molecular flexibility index (Phi) is 4.59. The Labute approximate surface area is 121 Å². The van der Waals surface area contributed by atoms with Crippen LogP contribution >= 0.6 is 11.6 Å². The van der Waals surface area contributed by atoms with Crippen molar-refractivity contribution >= 4 is 27.3 Å². The molecule has 0 bridgehead atoms. The van der Waals surface area contributed by atoms with Crippen LogP contribution in [-0.2, 0) is 10.0 Å². The van der Waals surface area contributed by atoms with Crippen LogP contribution in [0.1, 0.15) is 12.8 Å². The van der Waals surface area contributed by atoms with Gasteiger partial charge < -0.3 is 5.32 Å². The molecule has 0 spiro atoms. The minimum absolute atomic E-state index is 0.143. The van der Waals surface area contributed by atoms with E-state index >= 15 is 0 Å². The van der Waals surface area contributed by atoms with E-state index in [-0.39, 0.29) is 21.6 Å². The van der Waals surface area contributed by atoms with E-state index in [1.165, 1.54) is 0 Å². The monoisotopic (exact) mass is 319 g/mol. The number of hydrogen-bond acceptors (Lipinski definition) is 5. The van der Waals surface area contributed by atoms with Gasteiger partial charge in [0, 0.05) is 24.7 Å². The number of piperidine rings is 1. The second kappa shape index (κ2) is 6.04. The fourth-order valence-electron chi connectivity index (χ4n) is 2.06. The van der Waals surface area contributed by atoms with Gasteiger partial charge in [-0.3, -0.25) is 10.1 Å². The van der Waals surface area contributed by atoms with E-state index in [0.29, 0.717) is 6.54 Å². The normalized spacial score (nSPS) is 19.8. The summed E-state index contributed by atoms with van der Waals surface area (Å²) in [6.07, 6.45) is 1.64. The number of rotatable bonds is 4. The van der Waals surface area contributed by atoms with Gasteiger partial charge in [0.05, 0.1) is 9.95 Å². The number of nitro benzene ring substituents is 1. The molecule has 1 saturated heterocycles. The van der Waals surface area contributed by atoms with Crippen LogP contribution in [0.25, 0.3) is 0 Å². The van der Waals surface area contributed by atoms with Crippen LogP contribution in [0.2, 0.25) is 5.02 Å². The van der Waals surface area contributed by atoms with E-state index in [4.69, 9.17) is 11.6 Å². The first-order valence-corrected chi connectivity index (χ1v) is 7.93. The Balaban J connectivity index is 2.22. The molecule has 2 N–H and O–H groups in total. The van der Waals surface area contributed by atoms with E-state index in [0.717, 1.165) is 37.6 Å². The van der Waals surface area contributed by atoms with Gasteiger partial charge in [-0.25, -0.2) is 13.1 Å². The highest BCUT2D eigenvalue weighted by molar-refractivity contribution is 7.89. The largest absolute Gasteiger partial charge is 0.315 e. The lowest BCUT2D eigenvalue weighted by Gasteiger charge is -2.23. The molecule has 7 nitrogen and oxygen atoms in total. The van der Waals surface area contributed by atoms with Crippen LogP contribution in [0, 0.1) is 10.1 Å². The summed E-state index contributed by atoms with van der Waals surface area (Å²) in [5.74, 6) is 0. The SMILES string of the molecule is O=[N+]([O-])c1ccc(S(=O)(=O)NC2CCCNC2)c(Cl)c1. The zero-order valence-corrected chi connectivity index (χ0v) is 12.1. The summed E-state index contributed by atoms with van der Waals surface area (Å²) in [6, 6.07) is 3.12. The van der Waals surface area contributed by atoms with Crippen LogP contribution in [0.4, 0.5) is 5.69 Å². The lowest BCUT2D eigenvalue weighted by Crippen LogP contribution is -2.45. The minimum Gasteiger partial charge on any atom is -0.315 e. The summed E-state index contributed by atoms with van der Waals surface area (Å²) in [5, 5.41) is 13.5. The van der Waals surface area contributed by atoms with Gasteiger partial charge in [0.1, 0.15) is 4.90 Å². The molecular weight excluding hydrogens is 306 g/mol. The molecule has 0 aromatic heterocycles. The van der Waals surface area contributed by atoms with Gasteiger partial charge in [-0.15, -0.1) is 0 Å². The molecule has 0 radical (unpaired) electrons. The van der Waals surface area contributed by atoms with Crippen molar-refractivity contribution in [2.24, 2.45) is 0 Å². The fraction of sp³-hybridized carbons (Fsp3) is 0.455. The Hall–Kier alpha value is -1.22. The number of benzene rings is 1. The lowest BCUT2D eigenvalue weighted by atomic mass is 10.1. The zero-order chi connectivity index (χ0) is 14.8. The second-order valence-corrected chi connectivity index (χ2v) is 6.63. The number of sulfonamides is 1. The van der Waals surface area contributed by atoms with Gasteiger partial charge in [-0.2, -0.15) is 0 Å². The summed E-state index contributed by atoms with van der Waals surface area (Å²) in [4.78, 5) is 9.84. The van der Waals surface area contributed by atoms with E-state index < -0.39 is 14.9 Å². The van der Waals surface area contributed by atoms with Crippen LogP contribution in [0.3, 0.4) is 0 Å². The number of nitrogens with one attached hydrogen (secondary N) is 2. The molecule has 1 unspecified atom stereocenters. The first kappa shape index (κ1) is 15.2. The van der Waals surface area contributed by atoms with E-state index in [9.17, 15) is 18.5 Å². The van der Waals surface area contributed by atoms with Gasteiger partial charge in [-0.1, -0.05) is 11.6 Å². The Bertz CT molecular complexity index is 614. The van der Waals surface area contributed by atoms with Crippen molar-refractivity contribution in [3.63, 3.8) is 0 Å². The van der Waals surface area contributed by atoms with Gasteiger partial charge in [0.15, 0.2) is 0 Å². The van der Waals surface area contributed by atoms with Crippen LogP contribution in [0.5, 0.6) is 0 Å². The van der Waals surface area contributed by atoms with Gasteiger partial charge in [0.2, 0.25) is 10.0 Å². The Morgan fingerprint density at radius 1 is 1.45 bits per heavy atom. The molecule has 1 atom stereocenters. The maximum Gasteiger partial charge on any atom is 0.271 e. The molecule has 1 aromatic rings. The smallest absolute Gasteiger partial charge is 0.271 e. The molecule has 1 aliphatic heterocycles. The van der Waals surface area contributed by atoms with Gasteiger partial charge >= 0.3 is 0 Å². The van der Waals surface area contributed by atoms with Crippen molar-refractivity contribution < 1.29 is 13.3 Å². The van der Waals surface area contributed by atoms with Crippen molar-refractivity contribution in [2.45, 2.75) is 23.8 Å². The van der Waals surface area contributed by atoms with Gasteiger partial charge in [0.25, 0.3) is 5.69 Å². The molecule has 110 valence electrons. The second-order valence-electron chi connectivity index (χ2n) is 4.54. The summed E-state index contributed by atoms with van der Waals surface area (Å²) in [7, 11) is -3.78. The first-order chi connectivity index (χ1) is 9.40. The van der Waals surface area contributed by atoms with Crippen molar-refractivity contribution in [1.82, 2.24) is 10.0 Å². The maximum absolute atomic E-state index is 12.2. The Morgan fingerprint density at radius 3 is 2.75 bits per heavy atom. The van der Waals surface area contributed by atoms with E-state index in [2.05, 4.69) is 10.0 Å². The predicted molar refractivity (Wildman–Crippen MR) is 74.3 cm³/mol. The minimum atomic E-state index is -3.78. The molecule has 9 heteroatoms. The molecule has 1 heterocycles. The van der Waals surface area contributed by atoms with Crippen molar-refractivity contribution in [2.75, 3.05) is 13.1 Å². The molecule has 1 aliphatic rings. The molecule has 0 saturated carbocycles. The zero-order valence-electron chi connectivity index (χ0n) is 10.5. The quantitative estimate of drug-likeness (QED) is 0.643. The number of non-ortho nitro benzene ring substituents is 1. The third-order valence-electron chi connectivity index (χ3n) is 3.03. The highest BCUT2D eigenvalue weighted by Gasteiger charge is 2.24. The lowest BCUT2D eigenvalue weighted by molar-refractivity contribution is -0.384. The molecular formula is C11H14ClN3O4S. The van der Waals surface area contributed by atoms with Crippen LogP contribution in [0.15, 0.2) is 23.1 Å². The summed E-state index contributed by atoms with van der Waals surface area (Å²) in [5.41, 5.74) is -0.242. The number of hydrogen-bond donors (Lipinski definition) is 2. The van der Waals surface area contributed by atoms with E-state index in [1.54, 1.807) is 0 Å². The molecule has 0 amide bonds. The fourth-order valence-corrected chi connectivity index (χ4v) is 3.87. The van der Waals surface area contributed by atoms with Crippen LogP contribution < -0.4 is 10.0 Å². The maximum atomic E-state index is 12.2. The number of halogens is 1. The van der Waals surface area contributed by atoms with Gasteiger partial charge in [-0.05, 0) is 25.5 Å². The average Bonchev–Trinajstić information content (AvgIpc) is 2.38. The third kappa shape index (κ3) is 3.45. The van der Waals surface area contributed by atoms with Crippen molar-refractivity contribution in [3.8, 4) is 0 Å². The molecule has 0 aliphatic carbocycles. The standard InChI is InChI=1S/C11H14ClN3O4S/c12-10-6-9(15(16)17)3-4-11(10)20(18,19)14-8-2-1-5-13-7-8/h3-4,6,8,13-14H,1-2,5,7H2. The number of nitrogens with zero attached hydrogens (tertiary/aromatic N) is 1. The summed E-state index contributed by atoms with van der Waals surface area (Å²) >= 11 is 5.84. The molecule has 1 aromatic carbocycles. The molecule has 1 fully saturated rings. The van der Waals surface area contributed by atoms with Crippen molar-refractivity contribution in [1.29, 1.82) is 0 Å². The molecule has 20 heavy (non-hydrogen) atoms. The predicted octanol–water partition coefficient (Wildman–Crippen LogP) is 1.28. The van der Waals surface area contributed by atoms with Crippen molar-refractivity contribution in [3.05, 3.63) is 33.3 Å². The summed E-state index contributed by atoms with van der Waals surface area (Å²) in [6.45, 7) is 1.43.